The fraction of sp³-hybridized carbons (Fsp3) is 0. The zero-order valence-electron chi connectivity index (χ0n) is 26.3. The van der Waals surface area contributed by atoms with Crippen molar-refractivity contribution in [3.05, 3.63) is 164 Å². The standard InChI is InChI=1S/C45H27N3S/c1-3-13-28(14-4-1)39-27-40(48-45(47-39)36-25-30-17-7-8-18-32(30)33-19-9-10-20-34(33)36)31-23-24-41-37(26-31)42-43(29-15-5-2-6-16-29)46-38-22-12-11-21-35(38)44(42)49-41/h1-27H. The summed E-state index contributed by atoms with van der Waals surface area (Å²) in [5, 5.41) is 8.29. The number of thiophene rings is 1. The Bertz CT molecular complexity index is 2880. The molecule has 0 atom stereocenters. The van der Waals surface area contributed by atoms with Crippen molar-refractivity contribution in [3.8, 4) is 45.2 Å². The Kier molecular flexibility index (Phi) is 6.36. The molecular formula is C45H27N3S. The molecule has 0 amide bonds. The van der Waals surface area contributed by atoms with Crippen LogP contribution < -0.4 is 0 Å². The molecule has 0 bridgehead atoms. The number of rotatable bonds is 4. The minimum absolute atomic E-state index is 0.714. The van der Waals surface area contributed by atoms with Gasteiger partial charge in [0.1, 0.15) is 0 Å². The zero-order valence-corrected chi connectivity index (χ0v) is 27.2. The van der Waals surface area contributed by atoms with Gasteiger partial charge in [-0.1, -0.05) is 133 Å². The maximum Gasteiger partial charge on any atom is 0.161 e. The van der Waals surface area contributed by atoms with Crippen molar-refractivity contribution in [1.82, 2.24) is 15.0 Å². The average molecular weight is 642 g/mol. The fourth-order valence-corrected chi connectivity index (χ4v) is 8.36. The van der Waals surface area contributed by atoms with E-state index in [1.165, 1.54) is 41.7 Å². The Hall–Kier alpha value is -6.23. The van der Waals surface area contributed by atoms with E-state index in [0.717, 1.165) is 50.2 Å². The smallest absolute Gasteiger partial charge is 0.161 e. The number of fused-ring (bicyclic) bond motifs is 8. The highest BCUT2D eigenvalue weighted by Crippen LogP contribution is 2.44. The molecule has 0 saturated carbocycles. The molecule has 0 spiro atoms. The molecule has 7 aromatic carbocycles. The van der Waals surface area contributed by atoms with E-state index >= 15 is 0 Å². The van der Waals surface area contributed by atoms with Gasteiger partial charge in [-0.2, -0.15) is 0 Å². The highest BCUT2D eigenvalue weighted by Gasteiger charge is 2.19. The lowest BCUT2D eigenvalue weighted by molar-refractivity contribution is 1.19. The van der Waals surface area contributed by atoms with Gasteiger partial charge in [0.05, 0.1) is 22.6 Å². The van der Waals surface area contributed by atoms with Crippen molar-refractivity contribution in [1.29, 1.82) is 0 Å². The van der Waals surface area contributed by atoms with Crippen molar-refractivity contribution < 1.29 is 0 Å². The third-order valence-corrected chi connectivity index (χ3v) is 10.7. The molecule has 0 radical (unpaired) electrons. The van der Waals surface area contributed by atoms with E-state index in [1.54, 1.807) is 0 Å². The van der Waals surface area contributed by atoms with Crippen LogP contribution in [0.25, 0.3) is 97.8 Å². The van der Waals surface area contributed by atoms with Crippen LogP contribution in [-0.4, -0.2) is 15.0 Å². The largest absolute Gasteiger partial charge is 0.247 e. The van der Waals surface area contributed by atoms with E-state index in [4.69, 9.17) is 15.0 Å². The lowest BCUT2D eigenvalue weighted by Gasteiger charge is -2.13. The van der Waals surface area contributed by atoms with Gasteiger partial charge in [-0.05, 0) is 51.9 Å². The maximum absolute atomic E-state index is 5.33. The Labute approximate surface area is 286 Å². The summed E-state index contributed by atoms with van der Waals surface area (Å²) in [5.41, 5.74) is 8.04. The number of aromatic nitrogens is 3. The van der Waals surface area contributed by atoms with Crippen molar-refractivity contribution in [2.45, 2.75) is 0 Å². The third-order valence-electron chi connectivity index (χ3n) is 9.45. The highest BCUT2D eigenvalue weighted by atomic mass is 32.1. The van der Waals surface area contributed by atoms with Crippen LogP contribution in [0.3, 0.4) is 0 Å². The molecule has 0 aliphatic rings. The predicted molar refractivity (Wildman–Crippen MR) is 207 cm³/mol. The molecule has 0 unspecified atom stereocenters. The van der Waals surface area contributed by atoms with Gasteiger partial charge in [-0.3, -0.25) is 0 Å². The van der Waals surface area contributed by atoms with E-state index in [-0.39, 0.29) is 0 Å². The lowest BCUT2D eigenvalue weighted by atomic mass is 9.96. The molecule has 0 saturated heterocycles. The second kappa shape index (κ2) is 11.2. The summed E-state index contributed by atoms with van der Waals surface area (Å²) in [4.78, 5) is 15.8. The molecule has 49 heavy (non-hydrogen) atoms. The fourth-order valence-electron chi connectivity index (χ4n) is 7.14. The van der Waals surface area contributed by atoms with Gasteiger partial charge in [-0.25, -0.2) is 15.0 Å². The van der Waals surface area contributed by atoms with Crippen LogP contribution in [0.15, 0.2) is 164 Å². The number of hydrogen-bond donors (Lipinski definition) is 0. The normalized spacial score (nSPS) is 11.7. The first-order chi connectivity index (χ1) is 24.3. The number of hydrogen-bond acceptors (Lipinski definition) is 4. The van der Waals surface area contributed by atoms with Crippen LogP contribution >= 0.6 is 11.3 Å². The monoisotopic (exact) mass is 641 g/mol. The number of para-hydroxylation sites is 1. The number of nitrogens with zero attached hydrogens (tertiary/aromatic N) is 3. The molecular weight excluding hydrogens is 615 g/mol. The number of benzene rings is 7. The summed E-state index contributed by atoms with van der Waals surface area (Å²) in [6.45, 7) is 0. The van der Waals surface area contributed by atoms with Crippen LogP contribution in [0.1, 0.15) is 0 Å². The Morgan fingerprint density at radius 2 is 1.04 bits per heavy atom. The maximum atomic E-state index is 5.33. The van der Waals surface area contributed by atoms with Gasteiger partial charge in [-0.15, -0.1) is 11.3 Å². The van der Waals surface area contributed by atoms with Gasteiger partial charge in [0.2, 0.25) is 0 Å². The summed E-state index contributed by atoms with van der Waals surface area (Å²) in [7, 11) is 0. The van der Waals surface area contributed by atoms with Gasteiger partial charge in [0.15, 0.2) is 5.82 Å². The van der Waals surface area contributed by atoms with Crippen LogP contribution in [0.2, 0.25) is 0 Å². The molecule has 4 heteroatoms. The SMILES string of the molecule is c1ccc(-c2cc(-c3ccc4sc5c6ccccc6nc(-c6ccccc6)c5c4c3)nc(-c3cc4ccccc4c4ccccc34)n2)cc1. The minimum atomic E-state index is 0.714. The Morgan fingerprint density at radius 3 is 1.84 bits per heavy atom. The number of pyridine rings is 1. The average Bonchev–Trinajstić information content (AvgIpc) is 3.57. The van der Waals surface area contributed by atoms with Crippen LogP contribution in [-0.2, 0) is 0 Å². The third kappa shape index (κ3) is 4.61. The summed E-state index contributed by atoms with van der Waals surface area (Å²) in [5.74, 6) is 0.714. The zero-order chi connectivity index (χ0) is 32.3. The summed E-state index contributed by atoms with van der Waals surface area (Å²) >= 11 is 1.83. The van der Waals surface area contributed by atoms with E-state index in [1.807, 2.05) is 17.4 Å². The first-order valence-corrected chi connectivity index (χ1v) is 17.3. The minimum Gasteiger partial charge on any atom is -0.247 e. The van der Waals surface area contributed by atoms with Gasteiger partial charge in [0.25, 0.3) is 0 Å². The second-order valence-electron chi connectivity index (χ2n) is 12.4. The van der Waals surface area contributed by atoms with E-state index in [2.05, 4.69) is 158 Å². The first-order valence-electron chi connectivity index (χ1n) is 16.4. The highest BCUT2D eigenvalue weighted by molar-refractivity contribution is 7.26. The summed E-state index contributed by atoms with van der Waals surface area (Å²) in [6.07, 6.45) is 0. The Balaban J connectivity index is 1.25. The molecule has 0 aliphatic carbocycles. The molecule has 3 aromatic heterocycles. The topological polar surface area (TPSA) is 38.7 Å². The molecule has 3 nitrogen and oxygen atoms in total. The summed E-state index contributed by atoms with van der Waals surface area (Å²) in [6, 6.07) is 57.7. The molecule has 0 fully saturated rings. The lowest BCUT2D eigenvalue weighted by Crippen LogP contribution is -1.97. The van der Waals surface area contributed by atoms with E-state index in [9.17, 15) is 0 Å². The van der Waals surface area contributed by atoms with Crippen LogP contribution in [0.4, 0.5) is 0 Å². The molecule has 3 heterocycles. The molecule has 0 N–H and O–H groups in total. The van der Waals surface area contributed by atoms with Crippen molar-refractivity contribution in [2.24, 2.45) is 0 Å². The Morgan fingerprint density at radius 1 is 0.408 bits per heavy atom. The first kappa shape index (κ1) is 27.8. The van der Waals surface area contributed by atoms with Crippen molar-refractivity contribution >= 4 is 64.0 Å². The molecule has 10 aromatic rings. The van der Waals surface area contributed by atoms with E-state index < -0.39 is 0 Å². The molecule has 10 rings (SSSR count). The van der Waals surface area contributed by atoms with Crippen LogP contribution in [0, 0.1) is 0 Å². The summed E-state index contributed by atoms with van der Waals surface area (Å²) < 4.78 is 2.49. The van der Waals surface area contributed by atoms with Gasteiger partial charge < -0.3 is 0 Å². The molecule has 228 valence electrons. The second-order valence-corrected chi connectivity index (χ2v) is 13.4. The molecule has 0 aliphatic heterocycles. The predicted octanol–water partition coefficient (Wildman–Crippen LogP) is 12.4. The van der Waals surface area contributed by atoms with Crippen LogP contribution in [0.5, 0.6) is 0 Å². The van der Waals surface area contributed by atoms with Gasteiger partial charge >= 0.3 is 0 Å². The van der Waals surface area contributed by atoms with E-state index in [0.29, 0.717) is 5.82 Å². The van der Waals surface area contributed by atoms with Gasteiger partial charge in [0, 0.05) is 47.8 Å². The van der Waals surface area contributed by atoms with Crippen molar-refractivity contribution in [3.63, 3.8) is 0 Å². The van der Waals surface area contributed by atoms with Crippen molar-refractivity contribution in [2.75, 3.05) is 0 Å². The quantitative estimate of drug-likeness (QED) is 0.180.